The number of carbonyl (C=O) groups is 3. The third-order valence-electron chi connectivity index (χ3n) is 11.9. The van der Waals surface area contributed by atoms with Crippen molar-refractivity contribution in [1.82, 2.24) is 0 Å². The molecule has 0 fully saturated rings. The molecule has 0 spiro atoms. The average molecular weight is 821 g/mol. The van der Waals surface area contributed by atoms with Crippen LogP contribution < -0.4 is 0 Å². The van der Waals surface area contributed by atoms with Crippen molar-refractivity contribution in [1.29, 1.82) is 0 Å². The van der Waals surface area contributed by atoms with Crippen molar-refractivity contribution in [2.24, 2.45) is 0 Å². The first-order valence-electron chi connectivity index (χ1n) is 26.0. The predicted octanol–water partition coefficient (Wildman–Crippen LogP) is 16.8. The van der Waals surface area contributed by atoms with E-state index >= 15 is 0 Å². The highest BCUT2D eigenvalue weighted by Gasteiger charge is 2.19. The van der Waals surface area contributed by atoms with E-state index < -0.39 is 6.10 Å². The zero-order valence-corrected chi connectivity index (χ0v) is 39.3. The summed E-state index contributed by atoms with van der Waals surface area (Å²) in [7, 11) is 0. The molecule has 6 heteroatoms. The maximum atomic E-state index is 12.7. The number of carbonyl (C=O) groups excluding carboxylic acids is 3. The van der Waals surface area contributed by atoms with Crippen molar-refractivity contribution in [3.63, 3.8) is 0 Å². The average Bonchev–Trinajstić information content (AvgIpc) is 3.22. The molecular formula is C52H100O6. The molecule has 0 heterocycles. The molecule has 0 aliphatic rings. The van der Waals surface area contributed by atoms with E-state index in [2.05, 4.69) is 20.8 Å². The zero-order valence-electron chi connectivity index (χ0n) is 39.3. The van der Waals surface area contributed by atoms with E-state index in [0.717, 1.165) is 57.8 Å². The van der Waals surface area contributed by atoms with Crippen molar-refractivity contribution >= 4 is 17.9 Å². The fourth-order valence-corrected chi connectivity index (χ4v) is 7.92. The van der Waals surface area contributed by atoms with Gasteiger partial charge in [-0.3, -0.25) is 14.4 Å². The fourth-order valence-electron chi connectivity index (χ4n) is 7.92. The minimum Gasteiger partial charge on any atom is -0.462 e. The van der Waals surface area contributed by atoms with Gasteiger partial charge in [-0.2, -0.15) is 0 Å². The van der Waals surface area contributed by atoms with E-state index in [0.29, 0.717) is 19.3 Å². The fraction of sp³-hybridized carbons (Fsp3) is 0.942. The molecule has 0 aromatic heterocycles. The SMILES string of the molecule is CCCCCCCCCCCCCCCCCCCC(=O)OC[C@H](COC(=O)CCCCCCCCCCCCCC)OC(=O)CCCCCCCCCCCCC. The number of unbranched alkanes of at least 4 members (excludes halogenated alkanes) is 37. The Morgan fingerprint density at radius 2 is 0.466 bits per heavy atom. The van der Waals surface area contributed by atoms with Crippen LogP contribution in [0.15, 0.2) is 0 Å². The molecule has 0 bridgehead atoms. The minimum absolute atomic E-state index is 0.0618. The number of hydrogen-bond acceptors (Lipinski definition) is 6. The first kappa shape index (κ1) is 56.4. The summed E-state index contributed by atoms with van der Waals surface area (Å²) in [6.45, 7) is 6.67. The third-order valence-corrected chi connectivity index (χ3v) is 11.9. The summed E-state index contributed by atoms with van der Waals surface area (Å²) in [4.78, 5) is 37.9. The standard InChI is InChI=1S/C52H100O6/c1-4-7-10-13-16-19-22-24-25-26-27-28-31-33-36-39-42-45-51(54)57-48-49(58-52(55)46-43-40-37-34-29-21-18-15-12-9-6-3)47-56-50(53)44-41-38-35-32-30-23-20-17-14-11-8-5-2/h49H,4-48H2,1-3H3/t49-/m0/s1. The van der Waals surface area contributed by atoms with Crippen molar-refractivity contribution in [2.75, 3.05) is 13.2 Å². The Hall–Kier alpha value is -1.59. The largest absolute Gasteiger partial charge is 0.462 e. The van der Waals surface area contributed by atoms with Crippen LogP contribution in [0.2, 0.25) is 0 Å². The van der Waals surface area contributed by atoms with Gasteiger partial charge in [0.05, 0.1) is 0 Å². The van der Waals surface area contributed by atoms with E-state index in [1.165, 1.54) is 199 Å². The summed E-state index contributed by atoms with van der Waals surface area (Å²) >= 11 is 0. The van der Waals surface area contributed by atoms with Gasteiger partial charge in [0.15, 0.2) is 6.10 Å². The summed E-state index contributed by atoms with van der Waals surface area (Å²) < 4.78 is 16.8. The van der Waals surface area contributed by atoms with E-state index in [9.17, 15) is 14.4 Å². The maximum absolute atomic E-state index is 12.7. The van der Waals surface area contributed by atoms with Crippen LogP contribution >= 0.6 is 0 Å². The van der Waals surface area contributed by atoms with Gasteiger partial charge in [-0.1, -0.05) is 258 Å². The Morgan fingerprint density at radius 1 is 0.276 bits per heavy atom. The second kappa shape index (κ2) is 48.1. The highest BCUT2D eigenvalue weighted by Crippen LogP contribution is 2.17. The van der Waals surface area contributed by atoms with Gasteiger partial charge in [0.1, 0.15) is 13.2 Å². The molecule has 0 saturated carbocycles. The summed E-state index contributed by atoms with van der Waals surface area (Å²) in [5, 5.41) is 0. The second-order valence-corrected chi connectivity index (χ2v) is 17.8. The van der Waals surface area contributed by atoms with Crippen molar-refractivity contribution in [3.8, 4) is 0 Å². The zero-order chi connectivity index (χ0) is 42.3. The lowest BCUT2D eigenvalue weighted by molar-refractivity contribution is -0.167. The molecule has 6 nitrogen and oxygen atoms in total. The molecule has 58 heavy (non-hydrogen) atoms. The van der Waals surface area contributed by atoms with Crippen LogP contribution in [0.3, 0.4) is 0 Å². The summed E-state index contributed by atoms with van der Waals surface area (Å²) in [5.74, 6) is -0.842. The normalized spacial score (nSPS) is 11.8. The van der Waals surface area contributed by atoms with Gasteiger partial charge < -0.3 is 14.2 Å². The predicted molar refractivity (Wildman–Crippen MR) is 247 cm³/mol. The Morgan fingerprint density at radius 3 is 0.690 bits per heavy atom. The summed E-state index contributed by atoms with van der Waals surface area (Å²) in [6, 6.07) is 0. The van der Waals surface area contributed by atoms with Crippen LogP contribution in [0.4, 0.5) is 0 Å². The molecule has 0 aromatic rings. The molecule has 0 aliphatic heterocycles. The Bertz CT molecular complexity index is 859. The molecule has 0 aromatic carbocycles. The lowest BCUT2D eigenvalue weighted by Crippen LogP contribution is -2.30. The van der Waals surface area contributed by atoms with Gasteiger partial charge in [-0.15, -0.1) is 0 Å². The van der Waals surface area contributed by atoms with E-state index in [1.54, 1.807) is 0 Å². The molecule has 0 radical (unpaired) electrons. The van der Waals surface area contributed by atoms with Crippen LogP contribution in [-0.4, -0.2) is 37.2 Å². The number of rotatable bonds is 48. The first-order chi connectivity index (χ1) is 28.5. The van der Waals surface area contributed by atoms with Gasteiger partial charge in [-0.05, 0) is 19.3 Å². The second-order valence-electron chi connectivity index (χ2n) is 17.8. The molecule has 1 atom stereocenters. The van der Waals surface area contributed by atoms with E-state index in [1.807, 2.05) is 0 Å². The quantitative estimate of drug-likeness (QED) is 0.0346. The van der Waals surface area contributed by atoms with Crippen molar-refractivity contribution in [3.05, 3.63) is 0 Å². The van der Waals surface area contributed by atoms with Gasteiger partial charge in [0, 0.05) is 19.3 Å². The maximum Gasteiger partial charge on any atom is 0.306 e. The molecule has 0 rings (SSSR count). The third kappa shape index (κ3) is 45.5. The van der Waals surface area contributed by atoms with Crippen LogP contribution in [0.1, 0.15) is 297 Å². The van der Waals surface area contributed by atoms with E-state index in [4.69, 9.17) is 14.2 Å². The number of hydrogen-bond donors (Lipinski definition) is 0. The topological polar surface area (TPSA) is 78.9 Å². The van der Waals surface area contributed by atoms with Crippen LogP contribution in [0, 0.1) is 0 Å². The number of ether oxygens (including phenoxy) is 3. The first-order valence-corrected chi connectivity index (χ1v) is 26.0. The Balaban J connectivity index is 4.26. The Labute approximate surface area is 361 Å². The van der Waals surface area contributed by atoms with Gasteiger partial charge in [-0.25, -0.2) is 0 Å². The monoisotopic (exact) mass is 821 g/mol. The molecule has 0 N–H and O–H groups in total. The molecule has 0 saturated heterocycles. The number of esters is 3. The smallest absolute Gasteiger partial charge is 0.306 e. The molecule has 344 valence electrons. The lowest BCUT2D eigenvalue weighted by Gasteiger charge is -2.18. The molecule has 0 unspecified atom stereocenters. The van der Waals surface area contributed by atoms with Crippen molar-refractivity contribution in [2.45, 2.75) is 303 Å². The highest BCUT2D eigenvalue weighted by atomic mass is 16.6. The summed E-state index contributed by atoms with van der Waals surface area (Å²) in [5.41, 5.74) is 0. The molecular weight excluding hydrogens is 721 g/mol. The van der Waals surface area contributed by atoms with Gasteiger partial charge >= 0.3 is 17.9 Å². The van der Waals surface area contributed by atoms with Crippen LogP contribution in [0.5, 0.6) is 0 Å². The molecule has 0 aliphatic carbocycles. The highest BCUT2D eigenvalue weighted by molar-refractivity contribution is 5.71. The van der Waals surface area contributed by atoms with Crippen LogP contribution in [0.25, 0.3) is 0 Å². The van der Waals surface area contributed by atoms with Gasteiger partial charge in [0.25, 0.3) is 0 Å². The van der Waals surface area contributed by atoms with Gasteiger partial charge in [0.2, 0.25) is 0 Å². The van der Waals surface area contributed by atoms with Crippen molar-refractivity contribution < 1.29 is 28.6 Å². The lowest BCUT2D eigenvalue weighted by atomic mass is 10.0. The van der Waals surface area contributed by atoms with E-state index in [-0.39, 0.29) is 31.1 Å². The van der Waals surface area contributed by atoms with Crippen LogP contribution in [-0.2, 0) is 28.6 Å². The molecule has 0 amide bonds. The Kier molecular flexibility index (Phi) is 46.8. The summed E-state index contributed by atoms with van der Waals surface area (Å²) in [6.07, 6.45) is 50.8. The minimum atomic E-state index is -0.759.